The number of carbonyl (C=O) groups is 3. The molecule has 11 heteroatoms. The third kappa shape index (κ3) is 5.99. The predicted molar refractivity (Wildman–Crippen MR) is 137 cm³/mol. The molecule has 9 nitrogen and oxygen atoms in total. The number of esters is 1. The van der Waals surface area contributed by atoms with E-state index in [9.17, 15) is 22.8 Å². The first-order valence-corrected chi connectivity index (χ1v) is 14.0. The Morgan fingerprint density at radius 2 is 1.83 bits per heavy atom. The number of sulfone groups is 1. The minimum atomic E-state index is -3.64. The van der Waals surface area contributed by atoms with E-state index in [0.717, 1.165) is 0 Å². The Morgan fingerprint density at radius 3 is 2.53 bits per heavy atom. The van der Waals surface area contributed by atoms with Gasteiger partial charge in [0, 0.05) is 23.7 Å². The molecule has 2 amide bonds. The third-order valence-corrected chi connectivity index (χ3v) is 8.29. The van der Waals surface area contributed by atoms with Crippen LogP contribution in [0.1, 0.15) is 35.7 Å². The van der Waals surface area contributed by atoms with Gasteiger partial charge < -0.3 is 20.3 Å². The smallest absolute Gasteiger partial charge is 0.309 e. The van der Waals surface area contributed by atoms with E-state index < -0.39 is 27.5 Å². The van der Waals surface area contributed by atoms with Crippen LogP contribution < -0.4 is 10.6 Å². The lowest BCUT2D eigenvalue weighted by Crippen LogP contribution is -2.44. The molecule has 2 heterocycles. The lowest BCUT2D eigenvalue weighted by Gasteiger charge is -2.31. The first-order chi connectivity index (χ1) is 17.2. The van der Waals surface area contributed by atoms with Gasteiger partial charge in [-0.05, 0) is 49.6 Å². The molecule has 0 spiro atoms. The van der Waals surface area contributed by atoms with Crippen LogP contribution in [0.5, 0.6) is 0 Å². The first kappa shape index (κ1) is 26.0. The molecular weight excluding hydrogens is 506 g/mol. The molecule has 0 radical (unpaired) electrons. The monoisotopic (exact) mass is 533 g/mol. The second kappa shape index (κ2) is 10.9. The number of anilines is 2. The van der Waals surface area contributed by atoms with E-state index >= 15 is 0 Å². The maximum absolute atomic E-state index is 13.0. The first-order valence-electron chi connectivity index (χ1n) is 11.8. The van der Waals surface area contributed by atoms with Crippen molar-refractivity contribution >= 4 is 50.6 Å². The molecular formula is C25H28ClN3O6S. The van der Waals surface area contributed by atoms with Gasteiger partial charge in [-0.1, -0.05) is 29.8 Å². The average molecular weight is 534 g/mol. The van der Waals surface area contributed by atoms with E-state index in [-0.39, 0.29) is 23.5 Å². The summed E-state index contributed by atoms with van der Waals surface area (Å²) in [6.45, 7) is 2.98. The van der Waals surface area contributed by atoms with Crippen molar-refractivity contribution in [2.45, 2.75) is 31.6 Å². The van der Waals surface area contributed by atoms with Crippen LogP contribution in [0.3, 0.4) is 0 Å². The van der Waals surface area contributed by atoms with Gasteiger partial charge >= 0.3 is 5.97 Å². The van der Waals surface area contributed by atoms with Crippen molar-refractivity contribution in [1.82, 2.24) is 4.90 Å². The zero-order chi connectivity index (χ0) is 25.9. The summed E-state index contributed by atoms with van der Waals surface area (Å²) < 4.78 is 30.6. The van der Waals surface area contributed by atoms with Crippen molar-refractivity contribution in [3.05, 3.63) is 58.6 Å². The minimum absolute atomic E-state index is 0.196. The lowest BCUT2D eigenvalue weighted by molar-refractivity contribution is -0.149. The molecule has 4 rings (SSSR count). The summed E-state index contributed by atoms with van der Waals surface area (Å²) in [5.41, 5.74) is 1.82. The van der Waals surface area contributed by atoms with E-state index in [0.29, 0.717) is 60.1 Å². The van der Waals surface area contributed by atoms with Crippen LogP contribution in [-0.4, -0.2) is 62.6 Å². The van der Waals surface area contributed by atoms with Gasteiger partial charge in [0.05, 0.1) is 35.4 Å². The molecule has 2 aliphatic rings. The molecule has 2 aromatic carbocycles. The molecule has 2 aliphatic heterocycles. The Hall–Kier alpha value is -3.11. The fourth-order valence-electron chi connectivity index (χ4n) is 4.42. The molecule has 192 valence electrons. The normalized spacial score (nSPS) is 18.1. The number of hydrogen-bond donors (Lipinski definition) is 2. The number of amides is 2. The highest BCUT2D eigenvalue weighted by Crippen LogP contribution is 2.30. The Kier molecular flexibility index (Phi) is 7.85. The van der Waals surface area contributed by atoms with E-state index in [1.54, 1.807) is 54.3 Å². The third-order valence-electron chi connectivity index (χ3n) is 6.33. The molecule has 0 unspecified atom stereocenters. The number of benzene rings is 2. The molecule has 36 heavy (non-hydrogen) atoms. The van der Waals surface area contributed by atoms with Gasteiger partial charge in [0.15, 0.2) is 9.84 Å². The van der Waals surface area contributed by atoms with Crippen LogP contribution >= 0.6 is 11.6 Å². The van der Waals surface area contributed by atoms with Gasteiger partial charge in [-0.2, -0.15) is 0 Å². The number of ether oxygens (including phenoxy) is 1. The van der Waals surface area contributed by atoms with Crippen molar-refractivity contribution in [3.63, 3.8) is 0 Å². The summed E-state index contributed by atoms with van der Waals surface area (Å²) in [5.74, 6) is -1.79. The molecule has 2 aromatic rings. The zero-order valence-electron chi connectivity index (χ0n) is 19.8. The Bertz CT molecular complexity index is 1270. The van der Waals surface area contributed by atoms with Crippen LogP contribution in [0.2, 0.25) is 5.02 Å². The molecule has 1 fully saturated rings. The lowest BCUT2D eigenvalue weighted by atomic mass is 9.96. The second-order valence-electron chi connectivity index (χ2n) is 8.91. The highest BCUT2D eigenvalue weighted by atomic mass is 35.5. The van der Waals surface area contributed by atoms with E-state index in [1.807, 2.05) is 0 Å². The highest BCUT2D eigenvalue weighted by Gasteiger charge is 2.32. The number of nitrogens with zero attached hydrogens (tertiary/aromatic N) is 1. The summed E-state index contributed by atoms with van der Waals surface area (Å²) in [6.07, 6.45) is 1.08. The van der Waals surface area contributed by atoms with Crippen LogP contribution in [0.4, 0.5) is 11.4 Å². The Balaban J connectivity index is 1.39. The maximum atomic E-state index is 13.0. The number of likely N-dealkylation sites (tertiary alicyclic amines) is 1. The van der Waals surface area contributed by atoms with Crippen molar-refractivity contribution < 1.29 is 27.5 Å². The van der Waals surface area contributed by atoms with E-state index in [1.165, 1.54) is 0 Å². The maximum Gasteiger partial charge on any atom is 0.309 e. The number of nitrogens with one attached hydrogen (secondary N) is 2. The molecule has 0 aliphatic carbocycles. The van der Waals surface area contributed by atoms with Gasteiger partial charge in [0.2, 0.25) is 5.91 Å². The summed E-state index contributed by atoms with van der Waals surface area (Å²) in [6, 6.07) is 10.6. The van der Waals surface area contributed by atoms with Gasteiger partial charge in [-0.25, -0.2) is 8.42 Å². The standard InChI is InChI=1S/C25H28ClN3O6S/c1-2-35-25(32)16-9-11-29(12-10-16)24(31)17-7-8-20-21(13-17)28-23(30)22(27-20)15-36(33,34)14-18-5-3-4-6-19(18)26/h3-8,13,16,22,27H,2,9-12,14-15H2,1H3,(H,28,30)/t22-/m0/s1. The van der Waals surface area contributed by atoms with Crippen LogP contribution in [-0.2, 0) is 29.9 Å². The number of rotatable bonds is 7. The number of fused-ring (bicyclic) bond motifs is 1. The summed E-state index contributed by atoms with van der Waals surface area (Å²) in [4.78, 5) is 39.3. The van der Waals surface area contributed by atoms with Gasteiger partial charge in [0.1, 0.15) is 6.04 Å². The van der Waals surface area contributed by atoms with Crippen molar-refractivity contribution in [2.75, 3.05) is 36.1 Å². The number of piperidine rings is 1. The van der Waals surface area contributed by atoms with E-state index in [4.69, 9.17) is 16.3 Å². The summed E-state index contributed by atoms with van der Waals surface area (Å²) in [5, 5.41) is 6.05. The number of halogens is 1. The number of hydrogen-bond acceptors (Lipinski definition) is 7. The Morgan fingerprint density at radius 1 is 1.11 bits per heavy atom. The Labute approximate surface area is 215 Å². The largest absolute Gasteiger partial charge is 0.466 e. The fourth-order valence-corrected chi connectivity index (χ4v) is 6.29. The molecule has 0 aromatic heterocycles. The number of carbonyl (C=O) groups excluding carboxylic acids is 3. The molecule has 1 atom stereocenters. The van der Waals surface area contributed by atoms with Crippen LogP contribution in [0, 0.1) is 5.92 Å². The molecule has 2 N–H and O–H groups in total. The van der Waals surface area contributed by atoms with Crippen molar-refractivity contribution in [1.29, 1.82) is 0 Å². The van der Waals surface area contributed by atoms with Crippen LogP contribution in [0.15, 0.2) is 42.5 Å². The molecule has 0 saturated carbocycles. The van der Waals surface area contributed by atoms with Gasteiger partial charge in [-0.3, -0.25) is 14.4 Å². The van der Waals surface area contributed by atoms with Crippen molar-refractivity contribution in [3.8, 4) is 0 Å². The van der Waals surface area contributed by atoms with E-state index in [2.05, 4.69) is 10.6 Å². The zero-order valence-corrected chi connectivity index (χ0v) is 21.4. The fraction of sp³-hybridized carbons (Fsp3) is 0.400. The quantitative estimate of drug-likeness (QED) is 0.524. The minimum Gasteiger partial charge on any atom is -0.466 e. The topological polar surface area (TPSA) is 122 Å². The summed E-state index contributed by atoms with van der Waals surface area (Å²) >= 11 is 6.09. The summed E-state index contributed by atoms with van der Waals surface area (Å²) in [7, 11) is -3.64. The van der Waals surface area contributed by atoms with Crippen molar-refractivity contribution in [2.24, 2.45) is 5.92 Å². The second-order valence-corrected chi connectivity index (χ2v) is 11.4. The molecule has 1 saturated heterocycles. The van der Waals surface area contributed by atoms with Gasteiger partial charge in [0.25, 0.3) is 5.91 Å². The average Bonchev–Trinajstić information content (AvgIpc) is 2.85. The molecule has 0 bridgehead atoms. The SMILES string of the molecule is CCOC(=O)C1CCN(C(=O)c2ccc3c(c2)NC(=O)[C@H](CS(=O)(=O)Cc2ccccc2Cl)N3)CC1. The predicted octanol–water partition coefficient (Wildman–Crippen LogP) is 3.10. The highest BCUT2D eigenvalue weighted by molar-refractivity contribution is 7.90. The van der Waals surface area contributed by atoms with Gasteiger partial charge in [-0.15, -0.1) is 0 Å². The van der Waals surface area contributed by atoms with Crippen LogP contribution in [0.25, 0.3) is 0 Å².